The van der Waals surface area contributed by atoms with E-state index in [9.17, 15) is 4.79 Å². The molecule has 58 heavy (non-hydrogen) atoms. The zero-order valence-electron chi connectivity index (χ0n) is 41.0. The molecule has 0 radical (unpaired) electrons. The largest absolute Gasteiger partial charge is 2.00 e. The van der Waals surface area contributed by atoms with Crippen LogP contribution in [0.2, 0.25) is 0 Å². The molecule has 0 saturated heterocycles. The van der Waals surface area contributed by atoms with Crippen molar-refractivity contribution in [2.75, 3.05) is 0 Å². The van der Waals surface area contributed by atoms with Gasteiger partial charge in [0.1, 0.15) is 5.82 Å². The average Bonchev–Trinajstić information content (AvgIpc) is 3.80. The van der Waals surface area contributed by atoms with Crippen LogP contribution in [-0.2, 0) is 37.3 Å². The molecule has 0 saturated carbocycles. The quantitative estimate of drug-likeness (QED) is 0.127. The number of para-hydroxylation sites is 1. The summed E-state index contributed by atoms with van der Waals surface area (Å²) in [5.41, 5.74) is 3.30. The Morgan fingerprint density at radius 1 is 0.845 bits per heavy atom. The Hall–Kier alpha value is -5.78. The summed E-state index contributed by atoms with van der Waals surface area (Å²) in [5, 5.41) is 1.39. The van der Waals surface area contributed by atoms with Gasteiger partial charge in [-0.2, -0.15) is 0 Å². The number of hydrogen-bond donors (Lipinski definition) is 0. The second kappa shape index (κ2) is 13.1. The van der Waals surface area contributed by atoms with Crippen molar-refractivity contribution in [3.05, 3.63) is 160 Å². The third-order valence-corrected chi connectivity index (χ3v) is 12.1. The molecule has 8 heteroatoms. The third-order valence-electron chi connectivity index (χ3n) is 12.1. The van der Waals surface area contributed by atoms with Crippen LogP contribution in [-0.4, -0.2) is 23.5 Å². The first-order chi connectivity index (χ1) is 30.5. The zero-order valence-corrected chi connectivity index (χ0v) is 35.2. The van der Waals surface area contributed by atoms with E-state index in [1.165, 1.54) is 4.57 Å². The molecule has 0 amide bonds. The molecular formula is C50H43N5O2Pt. The summed E-state index contributed by atoms with van der Waals surface area (Å²) in [6.45, 7) is 11.9. The molecule has 10 rings (SSSR count). The van der Waals surface area contributed by atoms with E-state index in [-0.39, 0.29) is 60.5 Å². The van der Waals surface area contributed by atoms with Crippen LogP contribution in [0, 0.1) is 19.0 Å². The molecule has 1 aliphatic rings. The Balaban J connectivity index is 0.00000548. The Labute approximate surface area is 363 Å². The molecule has 7 nitrogen and oxygen atoms in total. The van der Waals surface area contributed by atoms with Gasteiger partial charge in [-0.05, 0) is 64.1 Å². The fourth-order valence-corrected chi connectivity index (χ4v) is 8.41. The second-order valence-corrected chi connectivity index (χ2v) is 16.8. The van der Waals surface area contributed by atoms with Crippen molar-refractivity contribution < 1.29 is 36.8 Å². The number of fused-ring (bicyclic) bond motifs is 4. The predicted molar refractivity (Wildman–Crippen MR) is 230 cm³/mol. The maximum Gasteiger partial charge on any atom is 2.00 e. The van der Waals surface area contributed by atoms with Gasteiger partial charge in [-0.1, -0.05) is 131 Å². The van der Waals surface area contributed by atoms with Gasteiger partial charge >= 0.3 is 26.8 Å². The number of aromatic nitrogens is 5. The summed E-state index contributed by atoms with van der Waals surface area (Å²) in [5.74, 6) is 0.911. The van der Waals surface area contributed by atoms with E-state index in [4.69, 9.17) is 20.7 Å². The fraction of sp³-hybridized carbons (Fsp3) is 0.220. The Morgan fingerprint density at radius 3 is 2.33 bits per heavy atom. The molecule has 0 fully saturated rings. The first-order valence-electron chi connectivity index (χ1n) is 22.9. The van der Waals surface area contributed by atoms with Crippen molar-refractivity contribution in [1.82, 2.24) is 23.5 Å². The van der Waals surface area contributed by atoms with Crippen LogP contribution in [0.25, 0.3) is 61.1 Å². The minimum atomic E-state index is -2.53. The number of nitrogens with zero attached hydrogens (tertiary/aromatic N) is 5. The molecule has 9 aromatic rings. The van der Waals surface area contributed by atoms with Crippen LogP contribution in [0.1, 0.15) is 81.8 Å². The van der Waals surface area contributed by atoms with Crippen LogP contribution >= 0.6 is 0 Å². The van der Waals surface area contributed by atoms with E-state index < -0.39 is 47.9 Å². The van der Waals surface area contributed by atoms with Gasteiger partial charge in [-0.15, -0.1) is 30.3 Å². The van der Waals surface area contributed by atoms with Crippen LogP contribution in [0.4, 0.5) is 0 Å². The minimum absolute atomic E-state index is 0. The maximum absolute atomic E-state index is 14.5. The monoisotopic (exact) mass is 948 g/mol. The fourth-order valence-electron chi connectivity index (χ4n) is 8.41. The van der Waals surface area contributed by atoms with E-state index in [0.717, 1.165) is 11.1 Å². The normalized spacial score (nSPS) is 16.6. The van der Waals surface area contributed by atoms with E-state index in [1.54, 1.807) is 41.1 Å². The summed E-state index contributed by atoms with van der Waals surface area (Å²) in [6.07, 6.45) is 1.69. The zero-order chi connectivity index (χ0) is 46.4. The van der Waals surface area contributed by atoms with E-state index in [2.05, 4.69) is 51.7 Å². The molecular weight excluding hydrogens is 898 g/mol. The first-order valence-corrected chi connectivity index (χ1v) is 18.9. The summed E-state index contributed by atoms with van der Waals surface area (Å²) >= 11 is 0. The minimum Gasteiger partial charge on any atom is -0.503 e. The molecule has 5 heterocycles. The van der Waals surface area contributed by atoms with Crippen molar-refractivity contribution in [3.63, 3.8) is 0 Å². The summed E-state index contributed by atoms with van der Waals surface area (Å²) < 4.78 is 81.2. The molecule has 0 spiro atoms. The molecule has 5 aromatic carbocycles. The van der Waals surface area contributed by atoms with Crippen LogP contribution < -0.4 is 10.4 Å². The summed E-state index contributed by atoms with van der Waals surface area (Å²) in [6, 6.07) is 28.1. The van der Waals surface area contributed by atoms with Gasteiger partial charge in [0.2, 0.25) is 0 Å². The van der Waals surface area contributed by atoms with Crippen molar-refractivity contribution >= 4 is 38.4 Å². The molecule has 4 aromatic heterocycles. The topological polar surface area (TPSA) is 66.4 Å². The molecule has 1 aliphatic heterocycles. The summed E-state index contributed by atoms with van der Waals surface area (Å²) in [4.78, 5) is 24.3. The van der Waals surface area contributed by atoms with Gasteiger partial charge in [0.25, 0.3) is 0 Å². The van der Waals surface area contributed by atoms with E-state index >= 15 is 0 Å². The molecule has 0 aliphatic carbocycles. The third kappa shape index (κ3) is 5.39. The van der Waals surface area contributed by atoms with E-state index in [1.807, 2.05) is 66.8 Å². The van der Waals surface area contributed by atoms with Gasteiger partial charge in [-0.25, -0.2) is 9.78 Å². The Bertz CT molecular complexity index is 3560. The molecule has 0 bridgehead atoms. The maximum atomic E-state index is 14.5. The first kappa shape index (κ1) is 29.4. The van der Waals surface area contributed by atoms with Crippen LogP contribution in [0.3, 0.4) is 0 Å². The Morgan fingerprint density at radius 2 is 1.59 bits per heavy atom. The second-order valence-electron chi connectivity index (χ2n) is 16.8. The van der Waals surface area contributed by atoms with Gasteiger partial charge in [0, 0.05) is 55.1 Å². The van der Waals surface area contributed by atoms with Gasteiger partial charge in [-0.3, -0.25) is 9.55 Å². The van der Waals surface area contributed by atoms with Crippen LogP contribution in [0.15, 0.2) is 120 Å². The van der Waals surface area contributed by atoms with Crippen LogP contribution in [0.5, 0.6) is 11.5 Å². The average molecular weight is 949 g/mol. The van der Waals surface area contributed by atoms with Gasteiger partial charge in [0.15, 0.2) is 0 Å². The molecule has 0 atom stereocenters. The number of rotatable bonds is 5. The van der Waals surface area contributed by atoms with E-state index in [0.29, 0.717) is 55.6 Å². The number of hydrogen-bond acceptors (Lipinski definition) is 4. The van der Waals surface area contributed by atoms with Crippen molar-refractivity contribution in [2.24, 2.45) is 0 Å². The predicted octanol–water partition coefficient (Wildman–Crippen LogP) is 11.4. The van der Waals surface area contributed by atoms with Crippen molar-refractivity contribution in [2.45, 2.75) is 71.6 Å². The number of benzene rings is 5. The molecule has 0 unspecified atom stereocenters. The summed E-state index contributed by atoms with van der Waals surface area (Å²) in [7, 11) is 0. The van der Waals surface area contributed by atoms with Gasteiger partial charge < -0.3 is 13.7 Å². The molecule has 290 valence electrons. The van der Waals surface area contributed by atoms with Crippen molar-refractivity contribution in [1.29, 1.82) is 0 Å². The number of imidazole rings is 2. The molecule has 0 N–H and O–H groups in total. The standard InChI is InChI=1S/C50H43N5O2.Pt/c1-30-19-23-38-44-42(30)36-22-20-34(28-37(36)46-52-43(31-15-11-9-12-16-31)45(55(44)46)50(7,8)49(38,5)6)57-35-21-24-39-40(29-35)54(41-27-32(25-26-51-41)48(2,3)4)47(56)53(39)33-17-13-10-14-18-33;/h9-27H,1-8H3;/q-2;+2/i1D3,9D,11D,12D,15D,16D;. The van der Waals surface area contributed by atoms with Gasteiger partial charge in [0.05, 0.1) is 18.2 Å². The number of aryl methyl sites for hydroxylation is 1. The number of ether oxygens (including phenoxy) is 1. The smallest absolute Gasteiger partial charge is 0.503 e. The van der Waals surface area contributed by atoms with Crippen molar-refractivity contribution in [3.8, 4) is 34.3 Å². The Kier molecular flexibility index (Phi) is 6.66. The SMILES string of the molecule is [2H]c1c([2H])c([2H])c(-c2nc3c4[c-]c(Oc5[c-]c6c(cc5)n(-c5ccccc5)c(=O)n6-c5cc(C(C)(C)C)ccn5)ccc4c4c(C([2H])([2H])[2H])ccc5c4n3c2C(C)(C)C5(C)C)c([2H])c1[2H].[Pt+2]. The number of pyridine rings is 2.